The molecule has 0 aliphatic carbocycles. The molecule has 2 heterocycles. The second-order valence-electron chi connectivity index (χ2n) is 6.68. The number of hydrogen-bond acceptors (Lipinski definition) is 9. The highest BCUT2D eigenvalue weighted by Crippen LogP contribution is 2.25. The number of nitrogens with zero attached hydrogens (tertiary/aromatic N) is 2. The van der Waals surface area contributed by atoms with Gasteiger partial charge in [-0.2, -0.15) is 0 Å². The molecule has 4 atom stereocenters. The van der Waals surface area contributed by atoms with Gasteiger partial charge >= 0.3 is 12.0 Å². The summed E-state index contributed by atoms with van der Waals surface area (Å²) in [4.78, 5) is 36.1. The molecule has 0 spiro atoms. The van der Waals surface area contributed by atoms with Crippen LogP contribution < -0.4 is 11.1 Å². The monoisotopic (exact) mass is 426 g/mol. The maximum Gasteiger partial charge on any atom is 0.325 e. The summed E-state index contributed by atoms with van der Waals surface area (Å²) < 4.78 is 9.90. The number of hydrogen-bond donors (Lipinski definition) is 5. The topological polar surface area (TPSA) is 175 Å². The molecular weight excluding hydrogens is 400 g/mol. The van der Waals surface area contributed by atoms with Crippen molar-refractivity contribution in [2.75, 3.05) is 20.3 Å². The molecule has 2 aliphatic rings. The van der Waals surface area contributed by atoms with E-state index >= 15 is 0 Å². The molecule has 0 aromatic carbocycles. The van der Waals surface area contributed by atoms with Crippen molar-refractivity contribution in [1.82, 2.24) is 15.3 Å². The summed E-state index contributed by atoms with van der Waals surface area (Å²) in [5.41, 5.74) is 6.23. The van der Waals surface area contributed by atoms with E-state index in [2.05, 4.69) is 21.9 Å². The summed E-state index contributed by atoms with van der Waals surface area (Å²) in [5, 5.41) is 31.7. The van der Waals surface area contributed by atoms with Gasteiger partial charge in [0.25, 0.3) is 0 Å². The minimum Gasteiger partial charge on any atom is -0.469 e. The summed E-state index contributed by atoms with van der Waals surface area (Å²) in [7, 11) is 1.21. The third-order valence-corrected chi connectivity index (χ3v) is 4.56. The molecule has 2 rings (SSSR count). The van der Waals surface area contributed by atoms with Crippen LogP contribution in [-0.2, 0) is 19.1 Å². The molecule has 0 aromatic rings. The van der Waals surface area contributed by atoms with E-state index in [1.807, 2.05) is 0 Å². The second-order valence-corrected chi connectivity index (χ2v) is 6.68. The zero-order chi connectivity index (χ0) is 22.3. The molecule has 12 heteroatoms. The highest BCUT2D eigenvalue weighted by molar-refractivity contribution is 5.80. The van der Waals surface area contributed by atoms with E-state index in [0.717, 1.165) is 0 Å². The Hall–Kier alpha value is -2.69. The van der Waals surface area contributed by atoms with Gasteiger partial charge in [0.1, 0.15) is 18.5 Å². The Kier molecular flexibility index (Phi) is 8.58. The van der Waals surface area contributed by atoms with E-state index in [4.69, 9.17) is 10.5 Å². The number of ether oxygens (including phenoxy) is 2. The standard InChI is InChI=1S/C18H26N4O8/c1-29-16(26)6-5-14(25)22(28)7-3-2-4-11-9-21(18(27)20-17(11)19)15-8-12(24)13(10-23)30-15/h9,12-13,15,17,23-24,28H,3,5-8,10,19H2,1H3,(H,20,27)/t12-,13?,15?,17?/m0/s1. The zero-order valence-electron chi connectivity index (χ0n) is 16.5. The van der Waals surface area contributed by atoms with Crippen LogP contribution >= 0.6 is 0 Å². The third-order valence-electron chi connectivity index (χ3n) is 4.56. The van der Waals surface area contributed by atoms with Crippen LogP contribution in [0.25, 0.3) is 0 Å². The van der Waals surface area contributed by atoms with Crippen molar-refractivity contribution in [3.05, 3.63) is 11.8 Å². The van der Waals surface area contributed by atoms with Crippen LogP contribution in [-0.4, -0.2) is 88.2 Å². The van der Waals surface area contributed by atoms with Crippen molar-refractivity contribution in [1.29, 1.82) is 0 Å². The lowest BCUT2D eigenvalue weighted by atomic mass is 10.1. The minimum absolute atomic E-state index is 0.0816. The molecule has 0 saturated carbocycles. The molecule has 0 radical (unpaired) electrons. The summed E-state index contributed by atoms with van der Waals surface area (Å²) in [6, 6.07) is -0.526. The second kappa shape index (κ2) is 10.9. The van der Waals surface area contributed by atoms with Crippen molar-refractivity contribution in [2.24, 2.45) is 5.73 Å². The Morgan fingerprint density at radius 2 is 2.20 bits per heavy atom. The largest absolute Gasteiger partial charge is 0.469 e. The van der Waals surface area contributed by atoms with E-state index in [9.17, 15) is 29.8 Å². The van der Waals surface area contributed by atoms with Gasteiger partial charge in [-0.3, -0.25) is 19.7 Å². The first kappa shape index (κ1) is 23.6. The molecular formula is C18H26N4O8. The van der Waals surface area contributed by atoms with Gasteiger partial charge in [-0.25, -0.2) is 9.86 Å². The van der Waals surface area contributed by atoms with Crippen molar-refractivity contribution in [3.63, 3.8) is 0 Å². The number of carbonyl (C=O) groups excluding carboxylic acids is 3. The Balaban J connectivity index is 1.92. The number of urea groups is 1. The summed E-state index contributed by atoms with van der Waals surface area (Å²) in [5.74, 6) is 4.34. The predicted octanol–water partition coefficient (Wildman–Crippen LogP) is -1.79. The van der Waals surface area contributed by atoms with E-state index < -0.39 is 42.5 Å². The third kappa shape index (κ3) is 6.15. The van der Waals surface area contributed by atoms with Crippen molar-refractivity contribution < 1.29 is 39.3 Å². The molecule has 0 bridgehead atoms. The highest BCUT2D eigenvalue weighted by Gasteiger charge is 2.39. The van der Waals surface area contributed by atoms with Crippen LogP contribution in [0.5, 0.6) is 0 Å². The Labute approximate surface area is 173 Å². The summed E-state index contributed by atoms with van der Waals surface area (Å²) >= 11 is 0. The SMILES string of the molecule is COC(=O)CCC(=O)N(O)CCC#CC1=CN(C2C[C@H](O)C(CO)O2)C(=O)NC1N. The number of aliphatic hydroxyl groups is 2. The van der Waals surface area contributed by atoms with Crippen LogP contribution in [0.3, 0.4) is 0 Å². The molecule has 12 nitrogen and oxygen atoms in total. The number of hydroxylamine groups is 2. The number of carbonyl (C=O) groups is 3. The normalized spacial score (nSPS) is 25.7. The maximum absolute atomic E-state index is 12.2. The molecule has 6 N–H and O–H groups in total. The average Bonchev–Trinajstić information content (AvgIpc) is 3.10. The number of aliphatic hydroxyl groups excluding tert-OH is 2. The number of esters is 1. The van der Waals surface area contributed by atoms with Gasteiger partial charge in [-0.05, 0) is 0 Å². The first-order valence-corrected chi connectivity index (χ1v) is 9.32. The molecule has 166 valence electrons. The number of nitrogens with one attached hydrogen (secondary N) is 1. The van der Waals surface area contributed by atoms with Crippen LogP contribution in [0, 0.1) is 11.8 Å². The average molecular weight is 426 g/mol. The Morgan fingerprint density at radius 1 is 1.47 bits per heavy atom. The van der Waals surface area contributed by atoms with Gasteiger partial charge in [-0.1, -0.05) is 11.8 Å². The first-order chi connectivity index (χ1) is 14.3. The number of methoxy groups -OCH3 is 1. The quantitative estimate of drug-likeness (QED) is 0.136. The van der Waals surface area contributed by atoms with E-state index in [1.54, 1.807) is 0 Å². The molecule has 3 amide bonds. The number of nitrogens with two attached hydrogens (primary N) is 1. The lowest BCUT2D eigenvalue weighted by molar-refractivity contribution is -0.166. The first-order valence-electron chi connectivity index (χ1n) is 9.32. The fraction of sp³-hybridized carbons (Fsp3) is 0.611. The van der Waals surface area contributed by atoms with Crippen LogP contribution in [0.1, 0.15) is 25.7 Å². The van der Waals surface area contributed by atoms with E-state index in [0.29, 0.717) is 10.6 Å². The van der Waals surface area contributed by atoms with Gasteiger partial charge in [0.05, 0.1) is 38.4 Å². The Morgan fingerprint density at radius 3 is 2.83 bits per heavy atom. The van der Waals surface area contributed by atoms with Crippen LogP contribution in [0.15, 0.2) is 11.8 Å². The molecule has 1 saturated heterocycles. The maximum atomic E-state index is 12.2. The lowest BCUT2D eigenvalue weighted by Gasteiger charge is -2.31. The number of rotatable bonds is 7. The van der Waals surface area contributed by atoms with Crippen molar-refractivity contribution in [2.45, 2.75) is 50.3 Å². The van der Waals surface area contributed by atoms with Gasteiger partial charge < -0.3 is 30.7 Å². The van der Waals surface area contributed by atoms with Gasteiger partial charge in [-0.15, -0.1) is 0 Å². The van der Waals surface area contributed by atoms with Gasteiger partial charge in [0.2, 0.25) is 5.91 Å². The highest BCUT2D eigenvalue weighted by atomic mass is 16.5. The van der Waals surface area contributed by atoms with Crippen LogP contribution in [0.2, 0.25) is 0 Å². The van der Waals surface area contributed by atoms with Crippen molar-refractivity contribution in [3.8, 4) is 11.8 Å². The fourth-order valence-corrected chi connectivity index (χ4v) is 2.84. The lowest BCUT2D eigenvalue weighted by Crippen LogP contribution is -2.54. The molecule has 3 unspecified atom stereocenters. The van der Waals surface area contributed by atoms with Gasteiger partial charge in [0, 0.05) is 25.5 Å². The molecule has 1 fully saturated rings. The number of amides is 3. The zero-order valence-corrected chi connectivity index (χ0v) is 16.5. The van der Waals surface area contributed by atoms with E-state index in [-0.39, 0.29) is 38.8 Å². The van der Waals surface area contributed by atoms with Gasteiger partial charge in [0.15, 0.2) is 0 Å². The summed E-state index contributed by atoms with van der Waals surface area (Å²) in [6.07, 6.45) is -1.99. The molecule has 30 heavy (non-hydrogen) atoms. The smallest absolute Gasteiger partial charge is 0.325 e. The van der Waals surface area contributed by atoms with E-state index in [1.165, 1.54) is 18.2 Å². The Bertz CT molecular complexity index is 746. The van der Waals surface area contributed by atoms with Crippen LogP contribution in [0.4, 0.5) is 4.79 Å². The minimum atomic E-state index is -0.904. The summed E-state index contributed by atoms with van der Waals surface area (Å²) in [6.45, 7) is -0.458. The fourth-order valence-electron chi connectivity index (χ4n) is 2.84. The molecule has 2 aliphatic heterocycles. The molecule has 0 aromatic heterocycles. The van der Waals surface area contributed by atoms with Crippen molar-refractivity contribution >= 4 is 17.9 Å². The predicted molar refractivity (Wildman–Crippen MR) is 99.9 cm³/mol.